The zero-order valence-corrected chi connectivity index (χ0v) is 12.4. The number of nitrogens with one attached hydrogen (secondary N) is 1. The number of sulfonamides is 1. The molecule has 1 unspecified atom stereocenters. The van der Waals surface area contributed by atoms with E-state index in [1.54, 1.807) is 30.8 Å². The summed E-state index contributed by atoms with van der Waals surface area (Å²) in [6, 6.07) is 6.65. The van der Waals surface area contributed by atoms with Crippen LogP contribution < -0.4 is 4.72 Å². The van der Waals surface area contributed by atoms with Gasteiger partial charge in [0, 0.05) is 11.8 Å². The molecule has 1 atom stereocenters. The topological polar surface area (TPSA) is 70.0 Å². The molecule has 1 N–H and O–H groups in total. The van der Waals surface area contributed by atoms with Gasteiger partial charge in [-0.1, -0.05) is 0 Å². The smallest absolute Gasteiger partial charge is 0.207 e. The summed E-state index contributed by atoms with van der Waals surface area (Å²) in [5.74, 6) is 1.93. The van der Waals surface area contributed by atoms with Crippen LogP contribution in [0.4, 0.5) is 0 Å². The molecular weight excluding hydrogens is 280 g/mol. The molecule has 1 fully saturated rings. The molecule has 1 aliphatic rings. The number of benzene rings is 1. The predicted octanol–water partition coefficient (Wildman–Crippen LogP) is 2.04. The summed E-state index contributed by atoms with van der Waals surface area (Å²) in [6.07, 6.45) is 1.94. The van der Waals surface area contributed by atoms with Crippen LogP contribution in [0, 0.1) is 18.3 Å². The monoisotopic (exact) mass is 296 g/mol. The van der Waals surface area contributed by atoms with E-state index in [1.807, 2.05) is 6.07 Å². The molecule has 0 radical (unpaired) electrons. The molecule has 1 saturated heterocycles. The first-order valence-electron chi connectivity index (χ1n) is 6.14. The lowest BCUT2D eigenvalue weighted by Crippen LogP contribution is -2.38. The normalized spacial score (nSPS) is 19.9. The van der Waals surface area contributed by atoms with E-state index in [-0.39, 0.29) is 10.9 Å². The van der Waals surface area contributed by atoms with Crippen molar-refractivity contribution < 1.29 is 8.42 Å². The van der Waals surface area contributed by atoms with Gasteiger partial charge < -0.3 is 0 Å². The van der Waals surface area contributed by atoms with Crippen molar-refractivity contribution in [2.45, 2.75) is 30.7 Å². The summed E-state index contributed by atoms with van der Waals surface area (Å²) in [6.45, 7) is 1.74. The Balaban J connectivity index is 2.19. The second-order valence-corrected chi connectivity index (χ2v) is 7.49. The van der Waals surface area contributed by atoms with Gasteiger partial charge in [0.1, 0.15) is 0 Å². The number of thioether (sulfide) groups is 1. The molecule has 0 aromatic heterocycles. The highest BCUT2D eigenvalue weighted by atomic mass is 32.2. The maximum atomic E-state index is 12.2. The van der Waals surface area contributed by atoms with Crippen LogP contribution in [0.3, 0.4) is 0 Å². The zero-order chi connectivity index (χ0) is 13.9. The van der Waals surface area contributed by atoms with E-state index in [2.05, 4.69) is 4.72 Å². The Kier molecular flexibility index (Phi) is 4.50. The number of hydrogen-bond acceptors (Lipinski definition) is 4. The van der Waals surface area contributed by atoms with E-state index in [0.717, 1.165) is 24.3 Å². The van der Waals surface area contributed by atoms with Crippen LogP contribution in [-0.2, 0) is 10.0 Å². The van der Waals surface area contributed by atoms with Crippen molar-refractivity contribution in [1.29, 1.82) is 5.26 Å². The second kappa shape index (κ2) is 5.95. The van der Waals surface area contributed by atoms with E-state index in [1.165, 1.54) is 6.07 Å². The highest BCUT2D eigenvalue weighted by Gasteiger charge is 2.22. The first-order chi connectivity index (χ1) is 9.03. The first-order valence-corrected chi connectivity index (χ1v) is 8.77. The molecular formula is C13H16N2O2S2. The Morgan fingerprint density at radius 2 is 2.26 bits per heavy atom. The molecule has 2 rings (SSSR count). The summed E-state index contributed by atoms with van der Waals surface area (Å²) < 4.78 is 27.2. The second-order valence-electron chi connectivity index (χ2n) is 4.62. The highest BCUT2D eigenvalue weighted by molar-refractivity contribution is 7.99. The van der Waals surface area contributed by atoms with Gasteiger partial charge in [-0.15, -0.1) is 0 Å². The average Bonchev–Trinajstić information content (AvgIpc) is 2.39. The quantitative estimate of drug-likeness (QED) is 0.926. The lowest BCUT2D eigenvalue weighted by Gasteiger charge is -2.22. The molecule has 1 heterocycles. The van der Waals surface area contributed by atoms with Crippen molar-refractivity contribution in [2.24, 2.45) is 0 Å². The SMILES string of the molecule is Cc1cc(S(=O)(=O)NC2CCCSC2)ccc1C#N. The van der Waals surface area contributed by atoms with Gasteiger partial charge in [0.2, 0.25) is 10.0 Å². The van der Waals surface area contributed by atoms with Gasteiger partial charge in [-0.25, -0.2) is 13.1 Å². The van der Waals surface area contributed by atoms with Gasteiger partial charge in [0.25, 0.3) is 0 Å². The number of nitrogens with zero attached hydrogens (tertiary/aromatic N) is 1. The predicted molar refractivity (Wildman–Crippen MR) is 76.6 cm³/mol. The number of aryl methyl sites for hydroxylation is 1. The molecule has 1 aliphatic heterocycles. The Morgan fingerprint density at radius 1 is 1.47 bits per heavy atom. The molecule has 1 aromatic carbocycles. The average molecular weight is 296 g/mol. The van der Waals surface area contributed by atoms with Gasteiger partial charge in [-0.2, -0.15) is 17.0 Å². The van der Waals surface area contributed by atoms with Gasteiger partial charge in [0.05, 0.1) is 16.5 Å². The fraction of sp³-hybridized carbons (Fsp3) is 0.462. The third-order valence-corrected chi connectivity index (χ3v) is 5.84. The molecule has 0 saturated carbocycles. The third kappa shape index (κ3) is 3.50. The van der Waals surface area contributed by atoms with Crippen LogP contribution in [0.15, 0.2) is 23.1 Å². The summed E-state index contributed by atoms with van der Waals surface area (Å²) in [4.78, 5) is 0.236. The van der Waals surface area contributed by atoms with E-state index in [0.29, 0.717) is 11.1 Å². The van der Waals surface area contributed by atoms with Crippen molar-refractivity contribution in [3.8, 4) is 6.07 Å². The molecule has 0 bridgehead atoms. The van der Waals surface area contributed by atoms with E-state index >= 15 is 0 Å². The van der Waals surface area contributed by atoms with Gasteiger partial charge in [-0.3, -0.25) is 0 Å². The summed E-state index contributed by atoms with van der Waals surface area (Å²) in [7, 11) is -3.48. The van der Waals surface area contributed by atoms with Crippen LogP contribution in [0.2, 0.25) is 0 Å². The standard InChI is InChI=1S/C13H16N2O2S2/c1-10-7-13(5-4-11(10)8-14)19(16,17)15-12-3-2-6-18-9-12/h4-5,7,12,15H,2-3,6,9H2,1H3. The van der Waals surface area contributed by atoms with Gasteiger partial charge in [-0.05, 0) is 49.3 Å². The van der Waals surface area contributed by atoms with Crippen LogP contribution >= 0.6 is 11.8 Å². The Morgan fingerprint density at radius 3 is 2.84 bits per heavy atom. The van der Waals surface area contributed by atoms with Crippen molar-refractivity contribution in [2.75, 3.05) is 11.5 Å². The van der Waals surface area contributed by atoms with Crippen molar-refractivity contribution in [3.63, 3.8) is 0 Å². The first kappa shape index (κ1) is 14.4. The van der Waals surface area contributed by atoms with Crippen molar-refractivity contribution in [1.82, 2.24) is 4.72 Å². The van der Waals surface area contributed by atoms with Crippen LogP contribution in [0.1, 0.15) is 24.0 Å². The molecule has 102 valence electrons. The molecule has 19 heavy (non-hydrogen) atoms. The maximum absolute atomic E-state index is 12.2. The van der Waals surface area contributed by atoms with Crippen LogP contribution in [0.5, 0.6) is 0 Å². The fourth-order valence-corrected chi connectivity index (χ4v) is 4.58. The summed E-state index contributed by atoms with van der Waals surface area (Å²) >= 11 is 1.78. The van der Waals surface area contributed by atoms with E-state index in [4.69, 9.17) is 5.26 Å². The van der Waals surface area contributed by atoms with E-state index in [9.17, 15) is 8.42 Å². The minimum Gasteiger partial charge on any atom is -0.207 e. The number of hydrogen-bond donors (Lipinski definition) is 1. The minimum atomic E-state index is -3.48. The van der Waals surface area contributed by atoms with Crippen LogP contribution in [0.25, 0.3) is 0 Å². The van der Waals surface area contributed by atoms with Crippen molar-refractivity contribution in [3.05, 3.63) is 29.3 Å². The van der Waals surface area contributed by atoms with Crippen molar-refractivity contribution >= 4 is 21.8 Å². The maximum Gasteiger partial charge on any atom is 0.240 e. The molecule has 0 spiro atoms. The fourth-order valence-electron chi connectivity index (χ4n) is 2.05. The van der Waals surface area contributed by atoms with Crippen LogP contribution in [-0.4, -0.2) is 26.0 Å². The molecule has 4 nitrogen and oxygen atoms in total. The minimum absolute atomic E-state index is 0.0136. The lowest BCUT2D eigenvalue weighted by atomic mass is 10.1. The Hall–Kier alpha value is -1.03. The Bertz CT molecular complexity index is 600. The molecule has 6 heteroatoms. The highest BCUT2D eigenvalue weighted by Crippen LogP contribution is 2.20. The summed E-state index contributed by atoms with van der Waals surface area (Å²) in [5, 5.41) is 8.86. The number of rotatable bonds is 3. The number of nitriles is 1. The van der Waals surface area contributed by atoms with Gasteiger partial charge in [0.15, 0.2) is 0 Å². The lowest BCUT2D eigenvalue weighted by molar-refractivity contribution is 0.543. The van der Waals surface area contributed by atoms with Gasteiger partial charge >= 0.3 is 0 Å². The summed E-state index contributed by atoms with van der Waals surface area (Å²) in [5.41, 5.74) is 1.19. The third-order valence-electron chi connectivity index (χ3n) is 3.11. The molecule has 0 amide bonds. The molecule has 0 aliphatic carbocycles. The zero-order valence-electron chi connectivity index (χ0n) is 10.7. The Labute approximate surface area is 118 Å². The molecule has 1 aromatic rings. The largest absolute Gasteiger partial charge is 0.240 e. The van der Waals surface area contributed by atoms with E-state index < -0.39 is 10.0 Å².